The fourth-order valence-electron chi connectivity index (χ4n) is 2.77. The van der Waals surface area contributed by atoms with Gasteiger partial charge in [0.05, 0.1) is 0 Å². The number of likely N-dealkylation sites (N-methyl/N-ethyl adjacent to an activating group) is 1. The van der Waals surface area contributed by atoms with E-state index in [1.165, 1.54) is 0 Å². The molecule has 7 heteroatoms. The molecule has 1 aromatic carbocycles. The Morgan fingerprint density at radius 3 is 2.61 bits per heavy atom. The van der Waals surface area contributed by atoms with Crippen LogP contribution in [0.2, 0.25) is 5.02 Å². The summed E-state index contributed by atoms with van der Waals surface area (Å²) in [5.41, 5.74) is 0.497. The van der Waals surface area contributed by atoms with Crippen LogP contribution < -0.4 is 10.6 Å². The van der Waals surface area contributed by atoms with Gasteiger partial charge >= 0.3 is 0 Å². The Labute approximate surface area is 148 Å². The van der Waals surface area contributed by atoms with Gasteiger partial charge in [0.2, 0.25) is 5.91 Å². The standard InChI is InChI=1S/C16H22ClN3O2.ClH/c1-11(16(22)20-9-3-4-14(20)10-18-2)19-15(21)12-5-7-13(17)8-6-12;/h5-8,11,14,18H,3-4,9-10H2,1-2H3,(H,19,21);1H. The fourth-order valence-corrected chi connectivity index (χ4v) is 2.89. The minimum Gasteiger partial charge on any atom is -0.341 e. The molecule has 0 aliphatic carbocycles. The number of halogens is 2. The second-order valence-corrected chi connectivity index (χ2v) is 6.02. The molecule has 0 aromatic heterocycles. The second kappa shape index (κ2) is 9.11. The molecule has 2 N–H and O–H groups in total. The molecule has 1 fully saturated rings. The number of carbonyl (C=O) groups is 2. The predicted octanol–water partition coefficient (Wildman–Crippen LogP) is 2.09. The SMILES string of the molecule is CNCC1CCCN1C(=O)C(C)NC(=O)c1ccc(Cl)cc1.Cl. The summed E-state index contributed by atoms with van der Waals surface area (Å²) in [7, 11) is 1.88. The summed E-state index contributed by atoms with van der Waals surface area (Å²) in [5.74, 6) is -0.290. The van der Waals surface area contributed by atoms with Crippen LogP contribution in [0.3, 0.4) is 0 Å². The van der Waals surface area contributed by atoms with Crippen LogP contribution in [0.1, 0.15) is 30.1 Å². The Kier molecular flexibility index (Phi) is 7.82. The average Bonchev–Trinajstić information content (AvgIpc) is 2.95. The zero-order chi connectivity index (χ0) is 16.1. The number of likely N-dealkylation sites (tertiary alicyclic amines) is 1. The number of hydrogen-bond donors (Lipinski definition) is 2. The Morgan fingerprint density at radius 1 is 1.35 bits per heavy atom. The molecule has 0 radical (unpaired) electrons. The molecule has 0 spiro atoms. The molecule has 2 amide bonds. The summed E-state index contributed by atoms with van der Waals surface area (Å²) in [6, 6.07) is 6.29. The van der Waals surface area contributed by atoms with E-state index >= 15 is 0 Å². The van der Waals surface area contributed by atoms with Gasteiger partial charge in [-0.05, 0) is 51.1 Å². The second-order valence-electron chi connectivity index (χ2n) is 5.59. The number of benzene rings is 1. The number of rotatable bonds is 5. The van der Waals surface area contributed by atoms with Gasteiger partial charge in [-0.1, -0.05) is 11.6 Å². The number of carbonyl (C=O) groups excluding carboxylic acids is 2. The van der Waals surface area contributed by atoms with Gasteiger partial charge < -0.3 is 15.5 Å². The van der Waals surface area contributed by atoms with Crippen molar-refractivity contribution in [2.45, 2.75) is 31.8 Å². The van der Waals surface area contributed by atoms with Crippen LogP contribution in [0.25, 0.3) is 0 Å². The Hall–Kier alpha value is -1.30. The van der Waals surface area contributed by atoms with E-state index in [0.717, 1.165) is 25.9 Å². The van der Waals surface area contributed by atoms with E-state index < -0.39 is 6.04 Å². The third-order valence-electron chi connectivity index (χ3n) is 3.92. The van der Waals surface area contributed by atoms with Crippen molar-refractivity contribution in [3.63, 3.8) is 0 Å². The lowest BCUT2D eigenvalue weighted by Gasteiger charge is -2.27. The topological polar surface area (TPSA) is 61.4 Å². The van der Waals surface area contributed by atoms with E-state index in [4.69, 9.17) is 11.6 Å². The highest BCUT2D eigenvalue weighted by Gasteiger charge is 2.31. The maximum Gasteiger partial charge on any atom is 0.251 e. The molecule has 1 aliphatic rings. The Morgan fingerprint density at radius 2 is 2.00 bits per heavy atom. The summed E-state index contributed by atoms with van der Waals surface area (Å²) >= 11 is 5.81. The molecule has 2 atom stereocenters. The van der Waals surface area contributed by atoms with E-state index in [-0.39, 0.29) is 30.3 Å². The van der Waals surface area contributed by atoms with Crippen molar-refractivity contribution in [2.75, 3.05) is 20.1 Å². The van der Waals surface area contributed by atoms with Crippen LogP contribution >= 0.6 is 24.0 Å². The maximum atomic E-state index is 12.5. The first-order valence-corrected chi connectivity index (χ1v) is 7.92. The smallest absolute Gasteiger partial charge is 0.251 e. The largest absolute Gasteiger partial charge is 0.341 e. The first-order chi connectivity index (χ1) is 10.5. The van der Waals surface area contributed by atoms with E-state index in [1.54, 1.807) is 31.2 Å². The third kappa shape index (κ3) is 5.09. The summed E-state index contributed by atoms with van der Waals surface area (Å²) in [6.45, 7) is 3.26. The number of amides is 2. The lowest BCUT2D eigenvalue weighted by Crippen LogP contribution is -2.50. The van der Waals surface area contributed by atoms with Gasteiger partial charge in [-0.2, -0.15) is 0 Å². The normalized spacial score (nSPS) is 18.2. The molecule has 2 rings (SSSR count). The van der Waals surface area contributed by atoms with Gasteiger partial charge in [-0.3, -0.25) is 9.59 Å². The lowest BCUT2D eigenvalue weighted by molar-refractivity contribution is -0.133. The number of nitrogens with one attached hydrogen (secondary N) is 2. The van der Waals surface area contributed by atoms with Gasteiger partial charge in [0.1, 0.15) is 6.04 Å². The fraction of sp³-hybridized carbons (Fsp3) is 0.500. The van der Waals surface area contributed by atoms with Crippen molar-refractivity contribution < 1.29 is 9.59 Å². The molecule has 128 valence electrons. The van der Waals surface area contributed by atoms with Crippen molar-refractivity contribution in [1.82, 2.24) is 15.5 Å². The van der Waals surface area contributed by atoms with Crippen LogP contribution in [0.5, 0.6) is 0 Å². The zero-order valence-corrected chi connectivity index (χ0v) is 14.9. The van der Waals surface area contributed by atoms with Crippen LogP contribution in [0.4, 0.5) is 0 Å². The van der Waals surface area contributed by atoms with Gasteiger partial charge in [-0.25, -0.2) is 0 Å². The molecular formula is C16H23Cl2N3O2. The summed E-state index contributed by atoms with van der Waals surface area (Å²) in [4.78, 5) is 26.5. The van der Waals surface area contributed by atoms with Crippen LogP contribution in [0.15, 0.2) is 24.3 Å². The molecule has 1 aliphatic heterocycles. The van der Waals surface area contributed by atoms with Crippen molar-refractivity contribution >= 4 is 35.8 Å². The molecule has 2 unspecified atom stereocenters. The minimum absolute atomic E-state index is 0. The zero-order valence-electron chi connectivity index (χ0n) is 13.3. The van der Waals surface area contributed by atoms with Gasteiger partial charge in [0.15, 0.2) is 0 Å². The van der Waals surface area contributed by atoms with E-state index in [0.29, 0.717) is 10.6 Å². The lowest BCUT2D eigenvalue weighted by atomic mass is 10.1. The van der Waals surface area contributed by atoms with E-state index in [2.05, 4.69) is 10.6 Å². The van der Waals surface area contributed by atoms with Crippen molar-refractivity contribution in [3.8, 4) is 0 Å². The predicted molar refractivity (Wildman–Crippen MR) is 94.3 cm³/mol. The highest BCUT2D eigenvalue weighted by atomic mass is 35.5. The van der Waals surface area contributed by atoms with Gasteiger partial charge in [-0.15, -0.1) is 12.4 Å². The quantitative estimate of drug-likeness (QED) is 0.845. The van der Waals surface area contributed by atoms with Gasteiger partial charge in [0.25, 0.3) is 5.91 Å². The molecule has 0 saturated carbocycles. The van der Waals surface area contributed by atoms with E-state index in [1.807, 2.05) is 11.9 Å². The number of hydrogen-bond acceptors (Lipinski definition) is 3. The average molecular weight is 360 g/mol. The highest BCUT2D eigenvalue weighted by Crippen LogP contribution is 2.18. The van der Waals surface area contributed by atoms with Crippen molar-refractivity contribution in [3.05, 3.63) is 34.9 Å². The molecule has 23 heavy (non-hydrogen) atoms. The van der Waals surface area contributed by atoms with Crippen LogP contribution in [-0.2, 0) is 4.79 Å². The monoisotopic (exact) mass is 359 g/mol. The molecular weight excluding hydrogens is 337 g/mol. The Bertz CT molecular complexity index is 537. The maximum absolute atomic E-state index is 12.5. The molecule has 0 bridgehead atoms. The number of nitrogens with zero attached hydrogens (tertiary/aromatic N) is 1. The van der Waals surface area contributed by atoms with Crippen LogP contribution in [0, 0.1) is 0 Å². The first kappa shape index (κ1) is 19.7. The van der Waals surface area contributed by atoms with Crippen LogP contribution in [-0.4, -0.2) is 48.9 Å². The highest BCUT2D eigenvalue weighted by molar-refractivity contribution is 6.30. The van der Waals surface area contributed by atoms with Crippen molar-refractivity contribution in [2.24, 2.45) is 0 Å². The summed E-state index contributed by atoms with van der Waals surface area (Å²) < 4.78 is 0. The minimum atomic E-state index is -0.541. The molecule has 1 saturated heterocycles. The van der Waals surface area contributed by atoms with Crippen molar-refractivity contribution in [1.29, 1.82) is 0 Å². The molecule has 5 nitrogen and oxygen atoms in total. The third-order valence-corrected chi connectivity index (χ3v) is 4.18. The van der Waals surface area contributed by atoms with Gasteiger partial charge in [0, 0.05) is 29.7 Å². The van der Waals surface area contributed by atoms with E-state index in [9.17, 15) is 9.59 Å². The Balaban J connectivity index is 0.00000264. The summed E-state index contributed by atoms with van der Waals surface area (Å²) in [6.07, 6.45) is 2.01. The molecule has 1 aromatic rings. The summed E-state index contributed by atoms with van der Waals surface area (Å²) in [5, 5.41) is 6.45. The molecule has 1 heterocycles. The first-order valence-electron chi connectivity index (χ1n) is 7.54.